The monoisotopic (exact) mass is 290 g/mol. The van der Waals surface area contributed by atoms with E-state index in [0.717, 1.165) is 32.0 Å². The standard InChI is InChI=1S/C16H18O3S/c1-9-5-13(17)6-10(2)15(9)20(19)16-11(3)7-14(18)8-12(16)4/h5-8,17-18H,1-4H3. The number of aromatic hydroxyl groups is 2. The molecule has 20 heavy (non-hydrogen) atoms. The van der Waals surface area contributed by atoms with Gasteiger partial charge in [-0.25, -0.2) is 4.21 Å². The Labute approximate surface area is 121 Å². The third-order valence-corrected chi connectivity index (χ3v) is 5.29. The van der Waals surface area contributed by atoms with E-state index in [1.54, 1.807) is 24.3 Å². The van der Waals surface area contributed by atoms with Crippen molar-refractivity contribution in [3.63, 3.8) is 0 Å². The van der Waals surface area contributed by atoms with Crippen LogP contribution in [-0.2, 0) is 10.8 Å². The van der Waals surface area contributed by atoms with E-state index in [1.807, 2.05) is 27.7 Å². The summed E-state index contributed by atoms with van der Waals surface area (Å²) in [5.74, 6) is 0.361. The summed E-state index contributed by atoms with van der Waals surface area (Å²) in [4.78, 5) is 1.44. The molecule has 0 spiro atoms. The topological polar surface area (TPSA) is 57.5 Å². The summed E-state index contributed by atoms with van der Waals surface area (Å²) in [7, 11) is -1.33. The zero-order valence-electron chi connectivity index (χ0n) is 12.0. The van der Waals surface area contributed by atoms with Gasteiger partial charge in [-0.1, -0.05) is 0 Å². The number of phenolic OH excluding ortho intramolecular Hbond substituents is 2. The zero-order chi connectivity index (χ0) is 15.0. The first-order chi connectivity index (χ1) is 9.31. The molecule has 2 N–H and O–H groups in total. The van der Waals surface area contributed by atoms with E-state index in [0.29, 0.717) is 0 Å². The van der Waals surface area contributed by atoms with Crippen molar-refractivity contribution in [2.24, 2.45) is 0 Å². The van der Waals surface area contributed by atoms with Gasteiger partial charge in [-0.2, -0.15) is 0 Å². The molecule has 0 aliphatic carbocycles. The SMILES string of the molecule is Cc1cc(O)cc(C)c1S(=O)c1c(C)cc(O)cc1C. The van der Waals surface area contributed by atoms with Gasteiger partial charge in [-0.15, -0.1) is 0 Å². The number of hydrogen-bond donors (Lipinski definition) is 2. The summed E-state index contributed by atoms with van der Waals surface area (Å²) >= 11 is 0. The number of aryl methyl sites for hydroxylation is 4. The normalized spacial score (nSPS) is 11.1. The van der Waals surface area contributed by atoms with Crippen molar-refractivity contribution < 1.29 is 14.4 Å². The van der Waals surface area contributed by atoms with Gasteiger partial charge >= 0.3 is 0 Å². The lowest BCUT2D eigenvalue weighted by molar-refractivity contribution is 0.473. The molecule has 106 valence electrons. The molecule has 0 aromatic heterocycles. The van der Waals surface area contributed by atoms with E-state index in [1.165, 1.54) is 0 Å². The Hall–Kier alpha value is -1.81. The molecule has 4 heteroatoms. The lowest BCUT2D eigenvalue weighted by atomic mass is 10.1. The predicted molar refractivity (Wildman–Crippen MR) is 79.8 cm³/mol. The van der Waals surface area contributed by atoms with Crippen LogP contribution in [0.25, 0.3) is 0 Å². The first-order valence-corrected chi connectivity index (χ1v) is 7.48. The van der Waals surface area contributed by atoms with Gasteiger partial charge in [0.05, 0.1) is 10.8 Å². The Kier molecular flexibility index (Phi) is 3.86. The van der Waals surface area contributed by atoms with Crippen LogP contribution in [-0.4, -0.2) is 14.4 Å². The first-order valence-electron chi connectivity index (χ1n) is 6.33. The van der Waals surface area contributed by atoms with E-state index in [9.17, 15) is 14.4 Å². The first kappa shape index (κ1) is 14.6. The van der Waals surface area contributed by atoms with Crippen LogP contribution in [0, 0.1) is 27.7 Å². The Bertz CT molecular complexity index is 599. The fourth-order valence-electron chi connectivity index (χ4n) is 2.54. The molecule has 0 atom stereocenters. The summed E-state index contributed by atoms with van der Waals surface area (Å²) in [6, 6.07) is 6.47. The van der Waals surface area contributed by atoms with Crippen molar-refractivity contribution in [2.75, 3.05) is 0 Å². The van der Waals surface area contributed by atoms with Crippen LogP contribution in [0.3, 0.4) is 0 Å². The molecular formula is C16H18O3S. The molecule has 0 saturated carbocycles. The third kappa shape index (κ3) is 2.56. The molecule has 0 heterocycles. The van der Waals surface area contributed by atoms with E-state index in [4.69, 9.17) is 0 Å². The molecule has 0 aliphatic heterocycles. The van der Waals surface area contributed by atoms with Crippen molar-refractivity contribution in [1.29, 1.82) is 0 Å². The summed E-state index contributed by atoms with van der Waals surface area (Å²) in [6.45, 7) is 7.35. The Balaban J connectivity index is 2.64. The number of benzene rings is 2. The highest BCUT2D eigenvalue weighted by atomic mass is 32.2. The van der Waals surface area contributed by atoms with Crippen LogP contribution in [0.1, 0.15) is 22.3 Å². The second-order valence-electron chi connectivity index (χ2n) is 5.09. The van der Waals surface area contributed by atoms with Crippen molar-refractivity contribution >= 4 is 10.8 Å². The van der Waals surface area contributed by atoms with Crippen LogP contribution < -0.4 is 0 Å². The summed E-state index contributed by atoms with van der Waals surface area (Å²) in [6.07, 6.45) is 0. The minimum atomic E-state index is -1.33. The molecule has 2 aromatic rings. The molecule has 0 saturated heterocycles. The number of phenols is 2. The fourth-order valence-corrected chi connectivity index (χ4v) is 4.15. The van der Waals surface area contributed by atoms with E-state index < -0.39 is 10.8 Å². The lowest BCUT2D eigenvalue weighted by Gasteiger charge is -2.14. The third-order valence-electron chi connectivity index (χ3n) is 3.26. The van der Waals surface area contributed by atoms with Gasteiger partial charge in [0.15, 0.2) is 0 Å². The Morgan fingerprint density at radius 3 is 1.20 bits per heavy atom. The van der Waals surface area contributed by atoms with Gasteiger partial charge < -0.3 is 10.2 Å². The van der Waals surface area contributed by atoms with Crippen molar-refractivity contribution in [1.82, 2.24) is 0 Å². The van der Waals surface area contributed by atoms with Crippen molar-refractivity contribution in [3.05, 3.63) is 46.5 Å². The molecule has 0 aliphatic rings. The molecule has 0 amide bonds. The smallest absolute Gasteiger partial charge is 0.116 e. The second-order valence-corrected chi connectivity index (χ2v) is 6.44. The van der Waals surface area contributed by atoms with Crippen molar-refractivity contribution in [2.45, 2.75) is 37.5 Å². The van der Waals surface area contributed by atoms with Gasteiger partial charge in [0, 0.05) is 9.79 Å². The minimum Gasteiger partial charge on any atom is -0.508 e. The predicted octanol–water partition coefficient (Wildman–Crippen LogP) is 3.50. The minimum absolute atomic E-state index is 0.180. The van der Waals surface area contributed by atoms with Crippen LogP contribution >= 0.6 is 0 Å². The highest BCUT2D eigenvalue weighted by Crippen LogP contribution is 2.31. The van der Waals surface area contributed by atoms with Crippen LogP contribution in [0.5, 0.6) is 11.5 Å². The van der Waals surface area contributed by atoms with Crippen LogP contribution in [0.15, 0.2) is 34.1 Å². The van der Waals surface area contributed by atoms with Gasteiger partial charge in [0.1, 0.15) is 11.5 Å². The van der Waals surface area contributed by atoms with Gasteiger partial charge in [-0.05, 0) is 74.2 Å². The molecule has 0 bridgehead atoms. The van der Waals surface area contributed by atoms with Crippen LogP contribution in [0.2, 0.25) is 0 Å². The summed E-state index contributed by atoms with van der Waals surface area (Å²) in [5.41, 5.74) is 3.20. The Morgan fingerprint density at radius 2 is 0.950 bits per heavy atom. The quantitative estimate of drug-likeness (QED) is 0.890. The maximum absolute atomic E-state index is 12.9. The largest absolute Gasteiger partial charge is 0.508 e. The second kappa shape index (κ2) is 5.29. The molecule has 0 fully saturated rings. The van der Waals surface area contributed by atoms with Gasteiger partial charge in [-0.3, -0.25) is 0 Å². The van der Waals surface area contributed by atoms with E-state index >= 15 is 0 Å². The van der Waals surface area contributed by atoms with Gasteiger partial charge in [0.25, 0.3) is 0 Å². The molecule has 0 radical (unpaired) electrons. The number of rotatable bonds is 2. The van der Waals surface area contributed by atoms with Crippen molar-refractivity contribution in [3.8, 4) is 11.5 Å². The molecule has 3 nitrogen and oxygen atoms in total. The molecule has 2 rings (SSSR count). The highest BCUT2D eigenvalue weighted by molar-refractivity contribution is 7.85. The van der Waals surface area contributed by atoms with E-state index in [-0.39, 0.29) is 11.5 Å². The molecule has 2 aromatic carbocycles. The maximum atomic E-state index is 12.9. The van der Waals surface area contributed by atoms with Gasteiger partial charge in [0.2, 0.25) is 0 Å². The van der Waals surface area contributed by atoms with Crippen LogP contribution in [0.4, 0.5) is 0 Å². The molecular weight excluding hydrogens is 272 g/mol. The molecule has 0 unspecified atom stereocenters. The highest BCUT2D eigenvalue weighted by Gasteiger charge is 2.18. The summed E-state index contributed by atoms with van der Waals surface area (Å²) in [5, 5.41) is 19.2. The average molecular weight is 290 g/mol. The zero-order valence-corrected chi connectivity index (χ0v) is 12.8. The fraction of sp³-hybridized carbons (Fsp3) is 0.250. The maximum Gasteiger partial charge on any atom is 0.116 e. The lowest BCUT2D eigenvalue weighted by Crippen LogP contribution is -2.03. The average Bonchev–Trinajstić information content (AvgIpc) is 2.25. The van der Waals surface area contributed by atoms with E-state index in [2.05, 4.69) is 0 Å². The summed E-state index contributed by atoms with van der Waals surface area (Å²) < 4.78 is 12.9. The number of hydrogen-bond acceptors (Lipinski definition) is 3. The Morgan fingerprint density at radius 1 is 0.700 bits per heavy atom.